The first-order valence-electron chi connectivity index (χ1n) is 5.71. The first-order chi connectivity index (χ1) is 7.08. The second kappa shape index (κ2) is 3.59. The lowest BCUT2D eigenvalue weighted by Crippen LogP contribution is -2.39. The minimum Gasteiger partial charge on any atom is -0.339 e. The van der Waals surface area contributed by atoms with Crippen LogP contribution in [-0.4, -0.2) is 10.1 Å². The summed E-state index contributed by atoms with van der Waals surface area (Å²) < 4.78 is 5.21. The normalized spacial score (nSPS) is 20.6. The molecule has 0 spiro atoms. The Morgan fingerprint density at radius 1 is 1.53 bits per heavy atom. The van der Waals surface area contributed by atoms with E-state index in [0.717, 1.165) is 6.42 Å². The lowest BCUT2D eigenvalue weighted by Gasteiger charge is -2.23. The third-order valence-corrected chi connectivity index (χ3v) is 3.24. The number of nitrogens with zero attached hydrogens (tertiary/aromatic N) is 2. The van der Waals surface area contributed by atoms with E-state index in [-0.39, 0.29) is 11.5 Å². The van der Waals surface area contributed by atoms with E-state index in [1.54, 1.807) is 0 Å². The van der Waals surface area contributed by atoms with Crippen LogP contribution in [0.5, 0.6) is 0 Å². The van der Waals surface area contributed by atoms with E-state index in [1.165, 1.54) is 12.8 Å². The van der Waals surface area contributed by atoms with Crippen molar-refractivity contribution in [3.8, 4) is 0 Å². The van der Waals surface area contributed by atoms with Gasteiger partial charge >= 0.3 is 0 Å². The zero-order valence-corrected chi connectivity index (χ0v) is 9.66. The van der Waals surface area contributed by atoms with Gasteiger partial charge < -0.3 is 10.3 Å². The van der Waals surface area contributed by atoms with Gasteiger partial charge in [0.1, 0.15) is 0 Å². The molecule has 15 heavy (non-hydrogen) atoms. The van der Waals surface area contributed by atoms with Gasteiger partial charge in [0, 0.05) is 5.92 Å². The molecule has 4 nitrogen and oxygen atoms in total. The molecule has 1 saturated carbocycles. The summed E-state index contributed by atoms with van der Waals surface area (Å²) in [5.41, 5.74) is 5.99. The van der Waals surface area contributed by atoms with Crippen LogP contribution in [0.15, 0.2) is 4.52 Å². The average Bonchev–Trinajstić information content (AvgIpc) is 2.94. The van der Waals surface area contributed by atoms with Crippen LogP contribution in [0.1, 0.15) is 57.7 Å². The van der Waals surface area contributed by atoms with Gasteiger partial charge in [-0.2, -0.15) is 4.98 Å². The molecule has 1 aromatic heterocycles. The van der Waals surface area contributed by atoms with E-state index in [9.17, 15) is 0 Å². The van der Waals surface area contributed by atoms with Gasteiger partial charge in [-0.25, -0.2) is 0 Å². The van der Waals surface area contributed by atoms with Crippen molar-refractivity contribution in [2.45, 2.75) is 51.5 Å². The molecule has 0 amide bonds. The molecule has 84 valence electrons. The summed E-state index contributed by atoms with van der Waals surface area (Å²) in [5, 5.41) is 4.03. The molecule has 2 N–H and O–H groups in total. The van der Waals surface area contributed by atoms with Gasteiger partial charge in [-0.3, -0.25) is 0 Å². The van der Waals surface area contributed by atoms with Crippen molar-refractivity contribution in [3.63, 3.8) is 0 Å². The summed E-state index contributed by atoms with van der Waals surface area (Å²) in [6.45, 7) is 6.17. The predicted octanol–water partition coefficient (Wildman–Crippen LogP) is 2.17. The Balaban J connectivity index is 2.26. The molecule has 1 aliphatic carbocycles. The lowest BCUT2D eigenvalue weighted by molar-refractivity contribution is 0.312. The van der Waals surface area contributed by atoms with Crippen LogP contribution in [0, 0.1) is 5.92 Å². The first-order valence-corrected chi connectivity index (χ1v) is 5.71. The molecule has 0 aliphatic heterocycles. The fourth-order valence-electron chi connectivity index (χ4n) is 1.89. The van der Waals surface area contributed by atoms with Crippen molar-refractivity contribution < 1.29 is 4.52 Å². The van der Waals surface area contributed by atoms with Gasteiger partial charge in [0.2, 0.25) is 5.89 Å². The summed E-state index contributed by atoms with van der Waals surface area (Å²) in [6.07, 6.45) is 3.25. The van der Waals surface area contributed by atoms with Crippen LogP contribution in [0.3, 0.4) is 0 Å². The molecule has 4 heteroatoms. The molecule has 0 bridgehead atoms. The number of hydrogen-bond acceptors (Lipinski definition) is 4. The van der Waals surface area contributed by atoms with E-state index >= 15 is 0 Å². The standard InChI is InChI=1S/C11H19N3O/c1-4-11(12,8-5-6-8)10-13-9(7(2)3)15-14-10/h7-8H,4-6,12H2,1-3H3. The molecule has 1 fully saturated rings. The van der Waals surface area contributed by atoms with E-state index in [4.69, 9.17) is 10.3 Å². The predicted molar refractivity (Wildman–Crippen MR) is 57.3 cm³/mol. The number of hydrogen-bond donors (Lipinski definition) is 1. The maximum Gasteiger partial charge on any atom is 0.229 e. The highest BCUT2D eigenvalue weighted by atomic mass is 16.5. The maximum absolute atomic E-state index is 6.35. The van der Waals surface area contributed by atoms with Crippen molar-refractivity contribution in [1.82, 2.24) is 10.1 Å². The van der Waals surface area contributed by atoms with Crippen molar-refractivity contribution >= 4 is 0 Å². The van der Waals surface area contributed by atoms with E-state index < -0.39 is 0 Å². The molecule has 0 saturated heterocycles. The molecule has 1 atom stereocenters. The Morgan fingerprint density at radius 2 is 2.20 bits per heavy atom. The van der Waals surface area contributed by atoms with Gasteiger partial charge in [0.05, 0.1) is 5.54 Å². The minimum absolute atomic E-state index is 0.270. The summed E-state index contributed by atoms with van der Waals surface area (Å²) in [4.78, 5) is 4.41. The zero-order valence-electron chi connectivity index (χ0n) is 9.66. The average molecular weight is 209 g/mol. The third-order valence-electron chi connectivity index (χ3n) is 3.24. The molecule has 1 unspecified atom stereocenters. The Morgan fingerprint density at radius 3 is 2.60 bits per heavy atom. The number of nitrogens with two attached hydrogens (primary N) is 1. The lowest BCUT2D eigenvalue weighted by atomic mass is 9.90. The van der Waals surface area contributed by atoms with Gasteiger partial charge in [0.25, 0.3) is 0 Å². The second-order valence-electron chi connectivity index (χ2n) is 4.78. The molecule has 1 aliphatic rings. The number of aromatic nitrogens is 2. The van der Waals surface area contributed by atoms with Crippen LogP contribution in [0.4, 0.5) is 0 Å². The van der Waals surface area contributed by atoms with Crippen LogP contribution in [0.25, 0.3) is 0 Å². The van der Waals surface area contributed by atoms with Gasteiger partial charge in [-0.1, -0.05) is 25.9 Å². The van der Waals surface area contributed by atoms with Crippen molar-refractivity contribution in [1.29, 1.82) is 0 Å². The topological polar surface area (TPSA) is 64.9 Å². The molecular formula is C11H19N3O. The Bertz CT molecular complexity index is 343. The zero-order chi connectivity index (χ0) is 11.1. The highest BCUT2D eigenvalue weighted by Gasteiger charge is 2.45. The smallest absolute Gasteiger partial charge is 0.229 e. The second-order valence-corrected chi connectivity index (χ2v) is 4.78. The molecule has 1 aromatic rings. The maximum atomic E-state index is 6.35. The molecule has 1 heterocycles. The summed E-state index contributed by atoms with van der Waals surface area (Å²) in [5.74, 6) is 2.19. The summed E-state index contributed by atoms with van der Waals surface area (Å²) in [6, 6.07) is 0. The fraction of sp³-hybridized carbons (Fsp3) is 0.818. The Labute approximate surface area is 90.2 Å². The van der Waals surface area contributed by atoms with E-state index in [1.807, 2.05) is 13.8 Å². The third kappa shape index (κ3) is 1.78. The minimum atomic E-state index is -0.364. The van der Waals surface area contributed by atoms with E-state index in [0.29, 0.717) is 17.6 Å². The van der Waals surface area contributed by atoms with Crippen molar-refractivity contribution in [2.75, 3.05) is 0 Å². The summed E-state index contributed by atoms with van der Waals surface area (Å²) >= 11 is 0. The van der Waals surface area contributed by atoms with Crippen LogP contribution in [0.2, 0.25) is 0 Å². The van der Waals surface area contributed by atoms with Crippen molar-refractivity contribution in [3.05, 3.63) is 11.7 Å². The summed E-state index contributed by atoms with van der Waals surface area (Å²) in [7, 11) is 0. The molecule has 2 rings (SSSR count). The largest absolute Gasteiger partial charge is 0.339 e. The molecular weight excluding hydrogens is 190 g/mol. The molecule has 0 aromatic carbocycles. The first kappa shape index (κ1) is 10.6. The quantitative estimate of drug-likeness (QED) is 0.825. The van der Waals surface area contributed by atoms with Crippen LogP contribution < -0.4 is 5.73 Å². The molecule has 0 radical (unpaired) electrons. The number of rotatable bonds is 4. The highest BCUT2D eigenvalue weighted by molar-refractivity contribution is 5.11. The van der Waals surface area contributed by atoms with Gasteiger partial charge in [0.15, 0.2) is 5.82 Å². The van der Waals surface area contributed by atoms with Crippen LogP contribution >= 0.6 is 0 Å². The van der Waals surface area contributed by atoms with Crippen molar-refractivity contribution in [2.24, 2.45) is 11.7 Å². The Kier molecular flexibility index (Phi) is 2.54. The van der Waals surface area contributed by atoms with Gasteiger partial charge in [-0.15, -0.1) is 0 Å². The van der Waals surface area contributed by atoms with E-state index in [2.05, 4.69) is 17.1 Å². The highest BCUT2D eigenvalue weighted by Crippen LogP contribution is 2.45. The monoisotopic (exact) mass is 209 g/mol. The van der Waals surface area contributed by atoms with Crippen LogP contribution in [-0.2, 0) is 5.54 Å². The van der Waals surface area contributed by atoms with Gasteiger partial charge in [-0.05, 0) is 25.2 Å². The SMILES string of the molecule is CCC(N)(c1noc(C(C)C)n1)C1CC1. The fourth-order valence-corrected chi connectivity index (χ4v) is 1.89. The Hall–Kier alpha value is -0.900.